The summed E-state index contributed by atoms with van der Waals surface area (Å²) in [5.74, 6) is 3.86. The van der Waals surface area contributed by atoms with E-state index in [9.17, 15) is 9.67 Å². The van der Waals surface area contributed by atoms with Crippen LogP contribution in [-0.4, -0.2) is 11.0 Å². The van der Waals surface area contributed by atoms with Crippen LogP contribution in [0.15, 0.2) is 91.0 Å². The van der Waals surface area contributed by atoms with Crippen molar-refractivity contribution in [1.82, 2.24) is 0 Å². The predicted molar refractivity (Wildman–Crippen MR) is 109 cm³/mol. The van der Waals surface area contributed by atoms with Crippen LogP contribution >= 0.6 is 7.60 Å². The lowest BCUT2D eigenvalue weighted by atomic mass is 10.2. The first kappa shape index (κ1) is 20.1. The molecule has 0 bridgehead atoms. The van der Waals surface area contributed by atoms with Gasteiger partial charge in [-0.15, -0.1) is 0 Å². The lowest BCUT2D eigenvalue weighted by molar-refractivity contribution is 0.151. The standard InChI is InChI=1S/C23H21O4P/c24-23(17-16-20-10-4-1-5-11-20)28(25,26-18-21-12-6-2-7-13-21)27-19-22-14-8-3-9-15-22/h1-15,23-24H,18-19H2. The summed E-state index contributed by atoms with van der Waals surface area (Å²) in [4.78, 5) is 0. The number of aliphatic hydroxyl groups excluding tert-OH is 1. The molecule has 0 aliphatic rings. The third kappa shape index (κ3) is 5.92. The fraction of sp³-hybridized carbons (Fsp3) is 0.130. The molecule has 0 aromatic heterocycles. The highest BCUT2D eigenvalue weighted by molar-refractivity contribution is 7.54. The van der Waals surface area contributed by atoms with Gasteiger partial charge < -0.3 is 14.2 Å². The number of benzene rings is 3. The van der Waals surface area contributed by atoms with Crippen LogP contribution in [0.5, 0.6) is 0 Å². The van der Waals surface area contributed by atoms with Gasteiger partial charge in [0.15, 0.2) is 0 Å². The highest BCUT2D eigenvalue weighted by Crippen LogP contribution is 2.53. The summed E-state index contributed by atoms with van der Waals surface area (Å²) in [5, 5.41) is 10.5. The van der Waals surface area contributed by atoms with Crippen molar-refractivity contribution in [2.75, 3.05) is 0 Å². The Balaban J connectivity index is 1.76. The zero-order valence-electron chi connectivity index (χ0n) is 15.3. The molecule has 1 atom stereocenters. The van der Waals surface area contributed by atoms with E-state index >= 15 is 0 Å². The molecule has 0 saturated carbocycles. The molecule has 5 heteroatoms. The molecule has 142 valence electrons. The Morgan fingerprint density at radius 3 is 1.64 bits per heavy atom. The Hall–Kier alpha value is -2.67. The van der Waals surface area contributed by atoms with E-state index in [0.717, 1.165) is 11.1 Å². The van der Waals surface area contributed by atoms with E-state index in [1.54, 1.807) is 12.1 Å². The summed E-state index contributed by atoms with van der Waals surface area (Å²) in [7, 11) is -3.90. The second-order valence-corrected chi connectivity index (χ2v) is 8.15. The van der Waals surface area contributed by atoms with Crippen molar-refractivity contribution in [2.45, 2.75) is 19.1 Å². The average molecular weight is 392 g/mol. The van der Waals surface area contributed by atoms with Crippen molar-refractivity contribution in [3.8, 4) is 11.8 Å². The van der Waals surface area contributed by atoms with Gasteiger partial charge in [0.1, 0.15) is 0 Å². The third-order valence-corrected chi connectivity index (χ3v) is 5.63. The Labute approximate surface area is 165 Å². The lowest BCUT2D eigenvalue weighted by Crippen LogP contribution is -2.11. The molecule has 0 amide bonds. The van der Waals surface area contributed by atoms with Crippen molar-refractivity contribution in [3.05, 3.63) is 108 Å². The molecular formula is C23H21O4P. The summed E-state index contributed by atoms with van der Waals surface area (Å²) in [6, 6.07) is 27.8. The van der Waals surface area contributed by atoms with E-state index in [1.165, 1.54) is 0 Å². The second-order valence-electron chi connectivity index (χ2n) is 6.07. The fourth-order valence-electron chi connectivity index (χ4n) is 2.40. The van der Waals surface area contributed by atoms with Crippen molar-refractivity contribution in [2.24, 2.45) is 0 Å². The van der Waals surface area contributed by atoms with Gasteiger partial charge in [-0.05, 0) is 23.3 Å². The monoisotopic (exact) mass is 392 g/mol. The second kappa shape index (κ2) is 10.0. The maximum absolute atomic E-state index is 13.3. The molecule has 0 fully saturated rings. The van der Waals surface area contributed by atoms with Gasteiger partial charge in [-0.1, -0.05) is 90.7 Å². The molecule has 0 spiro atoms. The Morgan fingerprint density at radius 1 is 0.750 bits per heavy atom. The summed E-state index contributed by atoms with van der Waals surface area (Å²) in [6.45, 7) is 0.105. The SMILES string of the molecule is O=P(OCc1ccccc1)(OCc1ccccc1)C(O)C#Cc1ccccc1. The van der Waals surface area contributed by atoms with E-state index in [4.69, 9.17) is 9.05 Å². The lowest BCUT2D eigenvalue weighted by Gasteiger charge is -2.20. The quantitative estimate of drug-likeness (QED) is 0.455. The number of aliphatic hydroxyl groups is 1. The normalized spacial score (nSPS) is 12.0. The van der Waals surface area contributed by atoms with Crippen LogP contribution in [0.3, 0.4) is 0 Å². The van der Waals surface area contributed by atoms with E-state index in [-0.39, 0.29) is 13.2 Å². The van der Waals surface area contributed by atoms with Gasteiger partial charge in [0.05, 0.1) is 13.2 Å². The highest BCUT2D eigenvalue weighted by atomic mass is 31.2. The van der Waals surface area contributed by atoms with Crippen molar-refractivity contribution in [3.63, 3.8) is 0 Å². The summed E-state index contributed by atoms with van der Waals surface area (Å²) in [6.07, 6.45) is 0. The molecule has 0 aliphatic carbocycles. The van der Waals surface area contributed by atoms with Crippen LogP contribution in [-0.2, 0) is 26.8 Å². The molecule has 4 nitrogen and oxygen atoms in total. The molecule has 0 aliphatic heterocycles. The molecule has 0 heterocycles. The van der Waals surface area contributed by atoms with Gasteiger partial charge in [0.2, 0.25) is 5.85 Å². The van der Waals surface area contributed by atoms with E-state index in [0.29, 0.717) is 5.56 Å². The van der Waals surface area contributed by atoms with Gasteiger partial charge in [-0.3, -0.25) is 4.57 Å². The summed E-state index contributed by atoms with van der Waals surface area (Å²) in [5.41, 5.74) is 2.36. The van der Waals surface area contributed by atoms with E-state index in [1.807, 2.05) is 78.9 Å². The number of hydrogen-bond donors (Lipinski definition) is 1. The Kier molecular flexibility index (Phi) is 7.19. The number of hydrogen-bond acceptors (Lipinski definition) is 4. The molecule has 3 rings (SSSR count). The van der Waals surface area contributed by atoms with Gasteiger partial charge in [0.25, 0.3) is 0 Å². The minimum atomic E-state index is -3.90. The molecule has 3 aromatic carbocycles. The summed E-state index contributed by atoms with van der Waals surface area (Å²) < 4.78 is 24.4. The number of rotatable bonds is 7. The molecule has 3 aromatic rings. The Morgan fingerprint density at radius 2 is 1.18 bits per heavy atom. The van der Waals surface area contributed by atoms with Gasteiger partial charge in [-0.25, -0.2) is 0 Å². The van der Waals surface area contributed by atoms with Gasteiger partial charge >= 0.3 is 7.60 Å². The molecule has 0 radical (unpaired) electrons. The minimum absolute atomic E-state index is 0.0526. The maximum atomic E-state index is 13.3. The largest absolute Gasteiger partial charge is 0.371 e. The molecular weight excluding hydrogens is 371 g/mol. The van der Waals surface area contributed by atoms with E-state index in [2.05, 4.69) is 11.8 Å². The fourth-order valence-corrected chi connectivity index (χ4v) is 3.64. The van der Waals surface area contributed by atoms with Crippen molar-refractivity contribution >= 4 is 7.60 Å². The van der Waals surface area contributed by atoms with Gasteiger partial charge in [0, 0.05) is 5.56 Å². The first-order chi connectivity index (χ1) is 13.7. The topological polar surface area (TPSA) is 55.8 Å². The predicted octanol–water partition coefficient (Wildman–Crippen LogP) is 4.98. The molecule has 1 N–H and O–H groups in total. The highest BCUT2D eigenvalue weighted by Gasteiger charge is 2.34. The van der Waals surface area contributed by atoms with E-state index < -0.39 is 13.4 Å². The summed E-state index contributed by atoms with van der Waals surface area (Å²) >= 11 is 0. The van der Waals surface area contributed by atoms with Crippen LogP contribution < -0.4 is 0 Å². The molecule has 1 unspecified atom stereocenters. The van der Waals surface area contributed by atoms with Crippen molar-refractivity contribution < 1.29 is 18.7 Å². The minimum Gasteiger partial charge on any atom is -0.370 e. The average Bonchev–Trinajstić information content (AvgIpc) is 2.77. The molecule has 0 saturated heterocycles. The molecule has 28 heavy (non-hydrogen) atoms. The van der Waals surface area contributed by atoms with Crippen LogP contribution in [0.2, 0.25) is 0 Å². The zero-order chi connectivity index (χ0) is 19.7. The van der Waals surface area contributed by atoms with Crippen molar-refractivity contribution in [1.29, 1.82) is 0 Å². The smallest absolute Gasteiger partial charge is 0.370 e. The first-order valence-corrected chi connectivity index (χ1v) is 10.5. The van der Waals surface area contributed by atoms with Crippen LogP contribution in [0.25, 0.3) is 0 Å². The van der Waals surface area contributed by atoms with Gasteiger partial charge in [-0.2, -0.15) is 0 Å². The van der Waals surface area contributed by atoms with Crippen LogP contribution in [0, 0.1) is 11.8 Å². The van der Waals surface area contributed by atoms with Crippen LogP contribution in [0.1, 0.15) is 16.7 Å². The maximum Gasteiger partial charge on any atom is 0.371 e. The van der Waals surface area contributed by atoms with Crippen LogP contribution in [0.4, 0.5) is 0 Å². The Bertz CT molecular complexity index is 915. The first-order valence-electron chi connectivity index (χ1n) is 8.87. The third-order valence-electron chi connectivity index (χ3n) is 3.93. The zero-order valence-corrected chi connectivity index (χ0v) is 16.2.